The molecule has 144 valence electrons. The lowest BCUT2D eigenvalue weighted by Gasteiger charge is -2.34. The summed E-state index contributed by atoms with van der Waals surface area (Å²) in [5, 5.41) is 15.5. The van der Waals surface area contributed by atoms with Gasteiger partial charge in [0.05, 0.1) is 22.9 Å². The predicted molar refractivity (Wildman–Crippen MR) is 106 cm³/mol. The molecule has 0 saturated carbocycles. The highest BCUT2D eigenvalue weighted by atomic mass is 35.5. The van der Waals surface area contributed by atoms with Gasteiger partial charge in [-0.25, -0.2) is 4.79 Å². The average Bonchev–Trinajstić information content (AvgIpc) is 3.19. The highest BCUT2D eigenvalue weighted by molar-refractivity contribution is 6.33. The smallest absolute Gasteiger partial charge is 0.321 e. The Morgan fingerprint density at radius 1 is 1.00 bits per heavy atom. The maximum Gasteiger partial charge on any atom is 0.321 e. The number of rotatable bonds is 4. The minimum atomic E-state index is -0.137. The SMILES string of the molecule is O=C(Nc1ccccc1Cl)N1CCN(Cc2nnnn2-c2ccccc2)CC1. The number of benzene rings is 2. The van der Waals surface area contributed by atoms with Crippen molar-refractivity contribution in [1.82, 2.24) is 30.0 Å². The number of carbonyl (C=O) groups excluding carboxylic acids is 1. The molecule has 1 N–H and O–H groups in total. The third kappa shape index (κ3) is 4.13. The number of hydrogen-bond donors (Lipinski definition) is 1. The molecule has 4 rings (SSSR count). The van der Waals surface area contributed by atoms with Crippen LogP contribution in [0.4, 0.5) is 10.5 Å². The summed E-state index contributed by atoms with van der Waals surface area (Å²) in [7, 11) is 0. The van der Waals surface area contributed by atoms with Crippen molar-refractivity contribution in [2.45, 2.75) is 6.54 Å². The minimum Gasteiger partial charge on any atom is -0.322 e. The van der Waals surface area contributed by atoms with Gasteiger partial charge in [0.2, 0.25) is 0 Å². The molecule has 2 heterocycles. The van der Waals surface area contributed by atoms with Gasteiger partial charge in [0.1, 0.15) is 0 Å². The van der Waals surface area contributed by atoms with Gasteiger partial charge in [0.15, 0.2) is 5.82 Å². The average molecular weight is 398 g/mol. The number of carbonyl (C=O) groups is 1. The van der Waals surface area contributed by atoms with E-state index in [1.54, 1.807) is 21.7 Å². The number of aromatic nitrogens is 4. The molecule has 0 bridgehead atoms. The van der Waals surface area contributed by atoms with Crippen molar-refractivity contribution in [2.24, 2.45) is 0 Å². The van der Waals surface area contributed by atoms with Gasteiger partial charge >= 0.3 is 6.03 Å². The van der Waals surface area contributed by atoms with Crippen molar-refractivity contribution in [3.63, 3.8) is 0 Å². The summed E-state index contributed by atoms with van der Waals surface area (Å²) in [6, 6.07) is 16.9. The van der Waals surface area contributed by atoms with E-state index in [0.29, 0.717) is 30.3 Å². The summed E-state index contributed by atoms with van der Waals surface area (Å²) in [5.41, 5.74) is 1.55. The first kappa shape index (κ1) is 18.4. The number of tetrazole rings is 1. The normalized spacial score (nSPS) is 14.8. The highest BCUT2D eigenvalue weighted by Gasteiger charge is 2.23. The molecule has 1 aromatic heterocycles. The summed E-state index contributed by atoms with van der Waals surface area (Å²) < 4.78 is 1.75. The van der Waals surface area contributed by atoms with Crippen LogP contribution in [0.25, 0.3) is 5.69 Å². The Kier molecular flexibility index (Phi) is 5.50. The lowest BCUT2D eigenvalue weighted by atomic mass is 10.3. The van der Waals surface area contributed by atoms with Crippen molar-refractivity contribution >= 4 is 23.3 Å². The summed E-state index contributed by atoms with van der Waals surface area (Å²) in [6.45, 7) is 3.38. The van der Waals surface area contributed by atoms with Gasteiger partial charge in [0, 0.05) is 26.2 Å². The Labute approximate surface area is 167 Å². The fourth-order valence-electron chi connectivity index (χ4n) is 3.14. The number of halogens is 1. The van der Waals surface area contributed by atoms with Gasteiger partial charge in [0.25, 0.3) is 0 Å². The van der Waals surface area contributed by atoms with E-state index in [1.807, 2.05) is 42.5 Å². The summed E-state index contributed by atoms with van der Waals surface area (Å²) in [4.78, 5) is 16.5. The number of nitrogens with one attached hydrogen (secondary N) is 1. The van der Waals surface area contributed by atoms with Gasteiger partial charge < -0.3 is 10.2 Å². The topological polar surface area (TPSA) is 79.2 Å². The Morgan fingerprint density at radius 2 is 1.71 bits per heavy atom. The highest BCUT2D eigenvalue weighted by Crippen LogP contribution is 2.21. The number of amides is 2. The maximum atomic E-state index is 12.5. The molecule has 0 unspecified atom stereocenters. The molecule has 0 radical (unpaired) electrons. The van der Waals surface area contributed by atoms with Gasteiger partial charge in [-0.1, -0.05) is 41.9 Å². The predicted octanol–water partition coefficient (Wildman–Crippen LogP) is 2.67. The van der Waals surface area contributed by atoms with Crippen LogP contribution in [0.5, 0.6) is 0 Å². The van der Waals surface area contributed by atoms with E-state index >= 15 is 0 Å². The quantitative estimate of drug-likeness (QED) is 0.732. The summed E-state index contributed by atoms with van der Waals surface area (Å²) >= 11 is 6.11. The van der Waals surface area contributed by atoms with Gasteiger partial charge in [-0.2, -0.15) is 4.68 Å². The van der Waals surface area contributed by atoms with E-state index in [4.69, 9.17) is 11.6 Å². The number of nitrogens with zero attached hydrogens (tertiary/aromatic N) is 6. The number of piperazine rings is 1. The summed E-state index contributed by atoms with van der Waals surface area (Å²) in [6.07, 6.45) is 0. The van der Waals surface area contributed by atoms with Gasteiger partial charge in [-0.15, -0.1) is 5.10 Å². The Bertz CT molecular complexity index is 938. The molecule has 8 nitrogen and oxygen atoms in total. The van der Waals surface area contributed by atoms with Crippen molar-refractivity contribution in [3.05, 3.63) is 65.4 Å². The second-order valence-electron chi connectivity index (χ2n) is 6.52. The fourth-order valence-corrected chi connectivity index (χ4v) is 3.32. The van der Waals surface area contributed by atoms with Crippen LogP contribution < -0.4 is 5.32 Å². The largest absolute Gasteiger partial charge is 0.322 e. The van der Waals surface area contributed by atoms with E-state index in [-0.39, 0.29) is 6.03 Å². The lowest BCUT2D eigenvalue weighted by molar-refractivity contribution is 0.140. The molecule has 2 aromatic carbocycles. The van der Waals surface area contributed by atoms with E-state index < -0.39 is 0 Å². The zero-order chi connectivity index (χ0) is 19.3. The van der Waals surface area contributed by atoms with Crippen molar-refractivity contribution < 1.29 is 4.79 Å². The zero-order valence-electron chi connectivity index (χ0n) is 15.2. The van der Waals surface area contributed by atoms with Crippen LogP contribution in [-0.2, 0) is 6.54 Å². The molecule has 1 saturated heterocycles. The van der Waals surface area contributed by atoms with E-state index in [2.05, 4.69) is 25.7 Å². The summed E-state index contributed by atoms with van der Waals surface area (Å²) in [5.74, 6) is 0.778. The van der Waals surface area contributed by atoms with Crippen molar-refractivity contribution in [3.8, 4) is 5.69 Å². The fraction of sp³-hybridized carbons (Fsp3) is 0.263. The van der Waals surface area contributed by atoms with E-state index in [1.165, 1.54) is 0 Å². The van der Waals surface area contributed by atoms with Crippen LogP contribution in [0.3, 0.4) is 0 Å². The number of para-hydroxylation sites is 2. The monoisotopic (exact) mass is 397 g/mol. The maximum absolute atomic E-state index is 12.5. The first-order valence-corrected chi connectivity index (χ1v) is 9.44. The van der Waals surface area contributed by atoms with Crippen molar-refractivity contribution in [2.75, 3.05) is 31.5 Å². The molecule has 2 amide bonds. The molecule has 0 atom stereocenters. The molecule has 3 aromatic rings. The van der Waals surface area contributed by atoms with Crippen LogP contribution in [-0.4, -0.2) is 62.2 Å². The number of hydrogen-bond acceptors (Lipinski definition) is 5. The zero-order valence-corrected chi connectivity index (χ0v) is 16.0. The standard InChI is InChI=1S/C19H20ClN7O/c20-16-8-4-5-9-17(16)21-19(28)26-12-10-25(11-13-26)14-18-22-23-24-27(18)15-6-2-1-3-7-15/h1-9H,10-14H2,(H,21,28). The molecular formula is C19H20ClN7O. The molecule has 28 heavy (non-hydrogen) atoms. The first-order chi connectivity index (χ1) is 13.7. The molecule has 0 spiro atoms. The molecular weight excluding hydrogens is 378 g/mol. The van der Waals surface area contributed by atoms with E-state index in [0.717, 1.165) is 24.6 Å². The number of urea groups is 1. The van der Waals surface area contributed by atoms with Crippen LogP contribution in [0.15, 0.2) is 54.6 Å². The Hall–Kier alpha value is -2.97. The van der Waals surface area contributed by atoms with Crippen LogP contribution in [0, 0.1) is 0 Å². The Morgan fingerprint density at radius 3 is 2.46 bits per heavy atom. The minimum absolute atomic E-state index is 0.137. The first-order valence-electron chi connectivity index (χ1n) is 9.06. The molecule has 1 aliphatic rings. The van der Waals surface area contributed by atoms with Gasteiger partial charge in [-0.3, -0.25) is 4.90 Å². The van der Waals surface area contributed by atoms with Crippen molar-refractivity contribution in [1.29, 1.82) is 0 Å². The third-order valence-corrected chi connectivity index (χ3v) is 5.00. The van der Waals surface area contributed by atoms with Crippen LogP contribution in [0.2, 0.25) is 5.02 Å². The van der Waals surface area contributed by atoms with Gasteiger partial charge in [-0.05, 0) is 34.7 Å². The van der Waals surface area contributed by atoms with Crippen LogP contribution in [0.1, 0.15) is 5.82 Å². The molecule has 1 fully saturated rings. The van der Waals surface area contributed by atoms with E-state index in [9.17, 15) is 4.79 Å². The number of anilines is 1. The van der Waals surface area contributed by atoms with Crippen LogP contribution >= 0.6 is 11.6 Å². The molecule has 9 heteroatoms. The second-order valence-corrected chi connectivity index (χ2v) is 6.92. The third-order valence-electron chi connectivity index (χ3n) is 4.67. The molecule has 1 aliphatic heterocycles. The second kappa shape index (κ2) is 8.37. The molecule has 0 aliphatic carbocycles. The lowest BCUT2D eigenvalue weighted by Crippen LogP contribution is -2.49. The Balaban J connectivity index is 1.33.